The van der Waals surface area contributed by atoms with Gasteiger partial charge in [0.15, 0.2) is 0 Å². The van der Waals surface area contributed by atoms with Crippen molar-refractivity contribution in [3.8, 4) is 0 Å². The van der Waals surface area contributed by atoms with Crippen LogP contribution in [0.2, 0.25) is 0 Å². The molecule has 0 aliphatic carbocycles. The Hall–Kier alpha value is -1.14. The highest BCUT2D eigenvalue weighted by Gasteiger charge is 2.15. The van der Waals surface area contributed by atoms with Crippen molar-refractivity contribution >= 4 is 25.6 Å². The van der Waals surface area contributed by atoms with E-state index in [0.29, 0.717) is 6.54 Å². The fourth-order valence-corrected chi connectivity index (χ4v) is 2.48. The highest BCUT2D eigenvalue weighted by Crippen LogP contribution is 2.18. The number of unbranched alkanes of at least 4 members (excludes halogenated alkanes) is 3. The van der Waals surface area contributed by atoms with Crippen LogP contribution < -0.4 is 5.32 Å². The van der Waals surface area contributed by atoms with Crippen LogP contribution in [0.4, 0.5) is 4.39 Å². The lowest BCUT2D eigenvalue weighted by Gasteiger charge is -2.06. The number of benzene rings is 1. The highest BCUT2D eigenvalue weighted by atomic mass is 35.7. The third-order valence-electron chi connectivity index (χ3n) is 2.73. The van der Waals surface area contributed by atoms with E-state index in [1.54, 1.807) is 0 Å². The summed E-state index contributed by atoms with van der Waals surface area (Å²) in [6, 6.07) is 2.82. The number of nitrogens with one attached hydrogen (secondary N) is 1. The summed E-state index contributed by atoms with van der Waals surface area (Å²) in [6.45, 7) is 2.55. The molecule has 0 atom stereocenters. The summed E-state index contributed by atoms with van der Waals surface area (Å²) in [6.07, 6.45) is 4.01. The number of hydrogen-bond donors (Lipinski definition) is 1. The summed E-state index contributed by atoms with van der Waals surface area (Å²) < 4.78 is 35.6. The van der Waals surface area contributed by atoms with Crippen molar-refractivity contribution in [1.29, 1.82) is 0 Å². The molecule has 0 unspecified atom stereocenters. The smallest absolute Gasteiger partial charge is 0.261 e. The van der Waals surface area contributed by atoms with E-state index in [4.69, 9.17) is 10.7 Å². The monoisotopic (exact) mass is 321 g/mol. The van der Waals surface area contributed by atoms with Gasteiger partial charge in [0.1, 0.15) is 5.82 Å². The van der Waals surface area contributed by atoms with E-state index in [1.807, 2.05) is 0 Å². The number of carbonyl (C=O) groups is 1. The lowest BCUT2D eigenvalue weighted by atomic mass is 10.2. The van der Waals surface area contributed by atoms with Gasteiger partial charge in [-0.2, -0.15) is 0 Å². The molecular weight excluding hydrogens is 305 g/mol. The Labute approximate surface area is 122 Å². The summed E-state index contributed by atoms with van der Waals surface area (Å²) >= 11 is 0. The van der Waals surface area contributed by atoms with E-state index in [0.717, 1.165) is 43.9 Å². The zero-order valence-electron chi connectivity index (χ0n) is 11.2. The normalized spacial score (nSPS) is 11.3. The molecule has 0 heterocycles. The molecule has 0 saturated heterocycles. The highest BCUT2D eigenvalue weighted by molar-refractivity contribution is 8.13. The Morgan fingerprint density at radius 2 is 1.95 bits per heavy atom. The average molecular weight is 322 g/mol. The first kappa shape index (κ1) is 16.9. The first-order valence-corrected chi connectivity index (χ1v) is 8.69. The van der Waals surface area contributed by atoms with E-state index in [-0.39, 0.29) is 5.56 Å². The number of hydrogen-bond acceptors (Lipinski definition) is 3. The molecule has 0 spiro atoms. The van der Waals surface area contributed by atoms with E-state index in [1.165, 1.54) is 0 Å². The van der Waals surface area contributed by atoms with Gasteiger partial charge in [-0.05, 0) is 24.6 Å². The number of amides is 1. The molecule has 1 amide bonds. The van der Waals surface area contributed by atoms with Gasteiger partial charge in [-0.25, -0.2) is 12.8 Å². The van der Waals surface area contributed by atoms with Crippen LogP contribution in [0.25, 0.3) is 0 Å². The van der Waals surface area contributed by atoms with Gasteiger partial charge in [0.2, 0.25) is 0 Å². The number of carbonyl (C=O) groups excluding carboxylic acids is 1. The first-order valence-electron chi connectivity index (χ1n) is 6.38. The molecule has 1 aromatic carbocycles. The van der Waals surface area contributed by atoms with E-state index in [9.17, 15) is 17.6 Å². The molecule has 0 aliphatic heterocycles. The predicted molar refractivity (Wildman–Crippen MR) is 75.9 cm³/mol. The minimum Gasteiger partial charge on any atom is -0.352 e. The molecule has 4 nitrogen and oxygen atoms in total. The average Bonchev–Trinajstić information content (AvgIpc) is 2.36. The van der Waals surface area contributed by atoms with Gasteiger partial charge in [0.05, 0.1) is 4.90 Å². The maximum absolute atomic E-state index is 13.3. The van der Waals surface area contributed by atoms with Crippen LogP contribution in [-0.2, 0) is 9.05 Å². The molecule has 112 valence electrons. The zero-order chi connectivity index (χ0) is 15.2. The maximum atomic E-state index is 13.3. The standard InChI is InChI=1S/C13H17ClFNO3S/c1-2-3-4-5-6-16-13(17)10-7-11(15)9-12(8-10)20(14,18)19/h7-9H,2-6H2,1H3,(H,16,17). The van der Waals surface area contributed by atoms with Gasteiger partial charge in [0, 0.05) is 22.8 Å². The fraction of sp³-hybridized carbons (Fsp3) is 0.462. The van der Waals surface area contributed by atoms with Crippen LogP contribution in [0.5, 0.6) is 0 Å². The lowest BCUT2D eigenvalue weighted by molar-refractivity contribution is 0.0952. The minimum atomic E-state index is -4.06. The Bertz CT molecular complexity index is 575. The zero-order valence-corrected chi connectivity index (χ0v) is 12.7. The fourth-order valence-electron chi connectivity index (χ4n) is 1.69. The van der Waals surface area contributed by atoms with Gasteiger partial charge < -0.3 is 5.32 Å². The quantitative estimate of drug-likeness (QED) is 0.620. The second-order valence-corrected chi connectivity index (χ2v) is 7.00. The molecule has 0 saturated carbocycles. The van der Waals surface area contributed by atoms with Crippen LogP contribution >= 0.6 is 10.7 Å². The van der Waals surface area contributed by atoms with Crippen molar-refractivity contribution in [3.63, 3.8) is 0 Å². The van der Waals surface area contributed by atoms with Crippen molar-refractivity contribution in [2.75, 3.05) is 6.54 Å². The summed E-state index contributed by atoms with van der Waals surface area (Å²) in [7, 11) is 1.08. The van der Waals surface area contributed by atoms with Crippen molar-refractivity contribution in [1.82, 2.24) is 5.32 Å². The van der Waals surface area contributed by atoms with E-state index >= 15 is 0 Å². The van der Waals surface area contributed by atoms with Crippen molar-refractivity contribution < 1.29 is 17.6 Å². The minimum absolute atomic E-state index is 0.0558. The third-order valence-corrected chi connectivity index (χ3v) is 4.06. The molecular formula is C13H17ClFNO3S. The SMILES string of the molecule is CCCCCCNC(=O)c1cc(F)cc(S(=O)(=O)Cl)c1. The van der Waals surface area contributed by atoms with Crippen molar-refractivity contribution in [2.45, 2.75) is 37.5 Å². The molecule has 1 rings (SSSR count). The first-order chi connectivity index (χ1) is 9.34. The molecule has 7 heteroatoms. The number of rotatable bonds is 7. The molecule has 1 N–H and O–H groups in total. The van der Waals surface area contributed by atoms with Crippen LogP contribution in [0.15, 0.2) is 23.1 Å². The Balaban J connectivity index is 2.71. The Morgan fingerprint density at radius 1 is 1.25 bits per heavy atom. The van der Waals surface area contributed by atoms with Gasteiger partial charge in [0.25, 0.3) is 15.0 Å². The molecule has 0 radical (unpaired) electrons. The molecule has 1 aromatic rings. The predicted octanol–water partition coefficient (Wildman–Crippen LogP) is 3.06. The van der Waals surface area contributed by atoms with E-state index < -0.39 is 25.7 Å². The molecule has 0 fully saturated rings. The second-order valence-electron chi connectivity index (χ2n) is 4.43. The van der Waals surface area contributed by atoms with Crippen LogP contribution in [0, 0.1) is 5.82 Å². The van der Waals surface area contributed by atoms with Crippen LogP contribution in [0.3, 0.4) is 0 Å². The van der Waals surface area contributed by atoms with Crippen LogP contribution in [-0.4, -0.2) is 20.9 Å². The Morgan fingerprint density at radius 3 is 2.55 bits per heavy atom. The summed E-state index contributed by atoms with van der Waals surface area (Å²) in [5.41, 5.74) is -0.0558. The number of halogens is 2. The van der Waals surface area contributed by atoms with Gasteiger partial charge in [-0.1, -0.05) is 26.2 Å². The topological polar surface area (TPSA) is 63.2 Å². The van der Waals surface area contributed by atoms with Crippen molar-refractivity contribution in [2.24, 2.45) is 0 Å². The molecule has 0 aromatic heterocycles. The molecule has 0 aliphatic rings. The molecule has 20 heavy (non-hydrogen) atoms. The summed E-state index contributed by atoms with van der Waals surface area (Å²) in [5, 5.41) is 2.62. The second kappa shape index (κ2) is 7.59. The van der Waals surface area contributed by atoms with Gasteiger partial charge >= 0.3 is 0 Å². The third kappa shape index (κ3) is 5.46. The summed E-state index contributed by atoms with van der Waals surface area (Å²) in [5.74, 6) is -1.33. The van der Waals surface area contributed by atoms with Crippen molar-refractivity contribution in [3.05, 3.63) is 29.6 Å². The van der Waals surface area contributed by atoms with Crippen LogP contribution in [0.1, 0.15) is 43.0 Å². The van der Waals surface area contributed by atoms with Gasteiger partial charge in [-0.15, -0.1) is 0 Å². The van der Waals surface area contributed by atoms with Gasteiger partial charge in [-0.3, -0.25) is 4.79 Å². The Kier molecular flexibility index (Phi) is 6.42. The molecule has 0 bridgehead atoms. The summed E-state index contributed by atoms with van der Waals surface area (Å²) in [4.78, 5) is 11.4. The lowest BCUT2D eigenvalue weighted by Crippen LogP contribution is -2.24. The van der Waals surface area contributed by atoms with E-state index in [2.05, 4.69) is 12.2 Å². The largest absolute Gasteiger partial charge is 0.352 e. The maximum Gasteiger partial charge on any atom is 0.261 e.